The number of rotatable bonds is 3. The van der Waals surface area contributed by atoms with E-state index in [1.165, 1.54) is 6.07 Å². The van der Waals surface area contributed by atoms with E-state index in [1.54, 1.807) is 0 Å². The van der Waals surface area contributed by atoms with E-state index < -0.39 is 22.9 Å². The van der Waals surface area contributed by atoms with E-state index in [2.05, 4.69) is 5.32 Å². The average molecular weight is 346 g/mol. The Morgan fingerprint density at radius 3 is 2.29 bits per heavy atom. The average Bonchev–Trinajstić information content (AvgIpc) is 2.45. The minimum atomic E-state index is -2.53. The van der Waals surface area contributed by atoms with Crippen LogP contribution in [0.3, 0.4) is 0 Å². The van der Waals surface area contributed by atoms with Crippen LogP contribution in [-0.4, -0.2) is 13.1 Å². The van der Waals surface area contributed by atoms with E-state index in [4.69, 9.17) is 0 Å². The molecule has 0 atom stereocenters. The molecule has 1 saturated heterocycles. The van der Waals surface area contributed by atoms with Crippen molar-refractivity contribution >= 4 is 24.2 Å². The van der Waals surface area contributed by atoms with Gasteiger partial charge in [0.1, 0.15) is 0 Å². The zero-order valence-electron chi connectivity index (χ0n) is 10.8. The lowest BCUT2D eigenvalue weighted by atomic mass is 9.90. The van der Waals surface area contributed by atoms with Crippen molar-refractivity contribution in [1.29, 1.82) is 0 Å². The van der Waals surface area contributed by atoms with Gasteiger partial charge in [0.05, 0.1) is 4.90 Å². The molecule has 21 heavy (non-hydrogen) atoms. The molecule has 1 aliphatic heterocycles. The van der Waals surface area contributed by atoms with E-state index in [1.807, 2.05) is 0 Å². The van der Waals surface area contributed by atoms with Gasteiger partial charge in [-0.05, 0) is 43.5 Å². The quantitative estimate of drug-likeness (QED) is 0.612. The van der Waals surface area contributed by atoms with Crippen LogP contribution in [0.5, 0.6) is 0 Å². The largest absolute Gasteiger partial charge is 0.317 e. The predicted octanol–water partition coefficient (Wildman–Crippen LogP) is 4.98. The maximum absolute atomic E-state index is 13.8. The molecular weight excluding hydrogens is 333 g/mol. The highest BCUT2D eigenvalue weighted by atomic mass is 35.5. The minimum absolute atomic E-state index is 0. The molecule has 0 aromatic heterocycles. The van der Waals surface area contributed by atoms with E-state index in [-0.39, 0.29) is 35.0 Å². The van der Waals surface area contributed by atoms with Gasteiger partial charge in [-0.1, -0.05) is 17.8 Å². The third kappa shape index (κ3) is 4.34. The summed E-state index contributed by atoms with van der Waals surface area (Å²) in [5.74, 6) is -2.54. The van der Waals surface area contributed by atoms with Gasteiger partial charge < -0.3 is 5.32 Å². The maximum atomic E-state index is 13.8. The van der Waals surface area contributed by atoms with Gasteiger partial charge in [0, 0.05) is 0 Å². The van der Waals surface area contributed by atoms with Gasteiger partial charge >= 0.3 is 6.08 Å². The molecule has 1 heterocycles. The SMILES string of the molecule is Cl.FC(F)=C(F)Sc1c(C2CCNCC2)ccc(F)c1F. The lowest BCUT2D eigenvalue weighted by Gasteiger charge is -2.25. The predicted molar refractivity (Wildman–Crippen MR) is 74.7 cm³/mol. The van der Waals surface area contributed by atoms with Crippen molar-refractivity contribution in [2.75, 3.05) is 13.1 Å². The molecule has 1 aliphatic rings. The van der Waals surface area contributed by atoms with Gasteiger partial charge in [-0.3, -0.25) is 0 Å². The fourth-order valence-corrected chi connectivity index (χ4v) is 3.03. The summed E-state index contributed by atoms with van der Waals surface area (Å²) in [6.45, 7) is 1.40. The second-order valence-corrected chi connectivity index (χ2v) is 5.41. The lowest BCUT2D eigenvalue weighted by molar-refractivity contribution is 0.394. The van der Waals surface area contributed by atoms with Crippen molar-refractivity contribution in [3.63, 3.8) is 0 Å². The number of thioether (sulfide) groups is 1. The van der Waals surface area contributed by atoms with Crippen molar-refractivity contribution in [3.8, 4) is 0 Å². The van der Waals surface area contributed by atoms with E-state index >= 15 is 0 Å². The Hall–Kier alpha value is -0.790. The molecule has 0 aliphatic carbocycles. The van der Waals surface area contributed by atoms with Crippen LogP contribution >= 0.6 is 24.2 Å². The van der Waals surface area contributed by atoms with Gasteiger partial charge in [0.2, 0.25) is 5.16 Å². The fraction of sp³-hybridized carbons (Fsp3) is 0.385. The first-order valence-corrected chi connectivity index (χ1v) is 6.89. The van der Waals surface area contributed by atoms with Crippen LogP contribution < -0.4 is 5.32 Å². The Kier molecular flexibility index (Phi) is 6.96. The molecule has 1 fully saturated rings. The van der Waals surface area contributed by atoms with E-state index in [0.717, 1.165) is 6.07 Å². The monoisotopic (exact) mass is 345 g/mol. The molecule has 1 aromatic carbocycles. The number of hydrogen-bond donors (Lipinski definition) is 1. The summed E-state index contributed by atoms with van der Waals surface area (Å²) in [6.07, 6.45) is -1.20. The summed E-state index contributed by atoms with van der Waals surface area (Å²) in [5.41, 5.74) is 0.381. The van der Waals surface area contributed by atoms with Crippen LogP contribution in [0.2, 0.25) is 0 Å². The minimum Gasteiger partial charge on any atom is -0.317 e. The van der Waals surface area contributed by atoms with Crippen molar-refractivity contribution in [2.45, 2.75) is 23.7 Å². The molecule has 1 aromatic rings. The first-order valence-electron chi connectivity index (χ1n) is 6.08. The maximum Gasteiger partial charge on any atom is 0.312 e. The van der Waals surface area contributed by atoms with Gasteiger partial charge in [0.25, 0.3) is 0 Å². The Bertz CT molecular complexity index is 528. The molecule has 0 unspecified atom stereocenters. The van der Waals surface area contributed by atoms with Crippen LogP contribution in [0.15, 0.2) is 28.3 Å². The zero-order chi connectivity index (χ0) is 14.7. The van der Waals surface area contributed by atoms with Crippen LogP contribution in [0.4, 0.5) is 22.0 Å². The number of benzene rings is 1. The van der Waals surface area contributed by atoms with E-state index in [0.29, 0.717) is 31.5 Å². The molecule has 0 radical (unpaired) electrons. The van der Waals surface area contributed by atoms with Gasteiger partial charge in [-0.15, -0.1) is 12.4 Å². The Morgan fingerprint density at radius 1 is 1.10 bits per heavy atom. The highest BCUT2D eigenvalue weighted by Gasteiger charge is 2.24. The highest BCUT2D eigenvalue weighted by molar-refractivity contribution is 8.03. The molecule has 8 heteroatoms. The summed E-state index contributed by atoms with van der Waals surface area (Å²) >= 11 is -0.0597. The molecule has 118 valence electrons. The van der Waals surface area contributed by atoms with Gasteiger partial charge in [0.15, 0.2) is 11.6 Å². The first kappa shape index (κ1) is 18.3. The Balaban J connectivity index is 0.00000220. The third-order valence-corrected chi connectivity index (χ3v) is 4.15. The Labute approximate surface area is 129 Å². The smallest absolute Gasteiger partial charge is 0.312 e. The summed E-state index contributed by atoms with van der Waals surface area (Å²) < 4.78 is 64.5. The lowest BCUT2D eigenvalue weighted by Crippen LogP contribution is -2.27. The molecule has 0 saturated carbocycles. The summed E-state index contributed by atoms with van der Waals surface area (Å²) in [4.78, 5) is -0.387. The molecule has 0 bridgehead atoms. The standard InChI is InChI=1S/C13H12F5NS.ClH/c14-9-2-1-8(7-3-5-19-6-4-7)11(10(9)15)20-13(18)12(16)17;/h1-2,7,19H,3-6H2;1H. The topological polar surface area (TPSA) is 12.0 Å². The van der Waals surface area contributed by atoms with Crippen LogP contribution in [0.25, 0.3) is 0 Å². The molecule has 1 N–H and O–H groups in total. The van der Waals surface area contributed by atoms with Crippen LogP contribution in [0, 0.1) is 11.6 Å². The van der Waals surface area contributed by atoms with Crippen LogP contribution in [0.1, 0.15) is 24.3 Å². The summed E-state index contributed by atoms with van der Waals surface area (Å²) in [7, 11) is 0. The molecule has 2 rings (SSSR count). The molecule has 1 nitrogen and oxygen atoms in total. The van der Waals surface area contributed by atoms with E-state index in [9.17, 15) is 22.0 Å². The Morgan fingerprint density at radius 2 is 1.71 bits per heavy atom. The summed E-state index contributed by atoms with van der Waals surface area (Å²) in [6, 6.07) is 2.30. The second kappa shape index (κ2) is 8.00. The number of halogens is 6. The fourth-order valence-electron chi connectivity index (χ4n) is 2.23. The number of nitrogens with one attached hydrogen (secondary N) is 1. The van der Waals surface area contributed by atoms with Gasteiger partial charge in [-0.25, -0.2) is 8.78 Å². The first-order chi connectivity index (χ1) is 9.50. The normalized spacial score (nSPS) is 15.5. The van der Waals surface area contributed by atoms with Crippen molar-refractivity contribution in [1.82, 2.24) is 5.32 Å². The molecule has 0 amide bonds. The van der Waals surface area contributed by atoms with Crippen molar-refractivity contribution in [2.24, 2.45) is 0 Å². The second-order valence-electron chi connectivity index (χ2n) is 4.44. The summed E-state index contributed by atoms with van der Waals surface area (Å²) in [5, 5.41) is 1.31. The third-order valence-electron chi connectivity index (χ3n) is 3.20. The molecule has 0 spiro atoms. The van der Waals surface area contributed by atoms with Crippen LogP contribution in [-0.2, 0) is 0 Å². The van der Waals surface area contributed by atoms with Gasteiger partial charge in [-0.2, -0.15) is 13.2 Å². The highest BCUT2D eigenvalue weighted by Crippen LogP contribution is 2.40. The molecular formula is C13H13ClF5NS. The number of hydrogen-bond acceptors (Lipinski definition) is 2. The van der Waals surface area contributed by atoms with Crippen molar-refractivity contribution < 1.29 is 22.0 Å². The van der Waals surface area contributed by atoms with Crippen molar-refractivity contribution in [3.05, 3.63) is 40.6 Å². The zero-order valence-corrected chi connectivity index (χ0v) is 12.4. The number of piperidine rings is 1.